The molecule has 0 unspecified atom stereocenters. The number of rotatable bonds is 4. The summed E-state index contributed by atoms with van der Waals surface area (Å²) in [7, 11) is 1.78. The predicted molar refractivity (Wildman–Crippen MR) is 92.0 cm³/mol. The number of aromatic amines is 1. The SMILES string of the molecule is Cc1cc(C)c(CCNc2nc3c(cnn3C)c(=O)[nH]2)c(C)c1. The van der Waals surface area contributed by atoms with Crippen LogP contribution < -0.4 is 10.9 Å². The van der Waals surface area contributed by atoms with Gasteiger partial charge in [-0.2, -0.15) is 10.1 Å². The van der Waals surface area contributed by atoms with Crippen LogP contribution in [0.5, 0.6) is 0 Å². The highest BCUT2D eigenvalue weighted by Crippen LogP contribution is 2.17. The maximum absolute atomic E-state index is 12.0. The average Bonchev–Trinajstić information content (AvgIpc) is 2.84. The molecular weight excluding hydrogens is 290 g/mol. The van der Waals surface area contributed by atoms with E-state index < -0.39 is 0 Å². The van der Waals surface area contributed by atoms with Crippen molar-refractivity contribution in [3.63, 3.8) is 0 Å². The lowest BCUT2D eigenvalue weighted by Gasteiger charge is -2.12. The molecule has 0 aliphatic heterocycles. The fourth-order valence-corrected chi connectivity index (χ4v) is 3.03. The average molecular weight is 311 g/mol. The Hall–Kier alpha value is -2.63. The maximum Gasteiger partial charge on any atom is 0.263 e. The third-order valence-corrected chi connectivity index (χ3v) is 4.11. The van der Waals surface area contributed by atoms with E-state index in [-0.39, 0.29) is 5.56 Å². The number of benzene rings is 1. The Bertz CT molecular complexity index is 899. The number of hydrogen-bond acceptors (Lipinski definition) is 4. The molecule has 120 valence electrons. The molecule has 3 rings (SSSR count). The van der Waals surface area contributed by atoms with E-state index in [1.54, 1.807) is 11.7 Å². The standard InChI is InChI=1S/C17H21N5O/c1-10-7-11(2)13(12(3)8-10)5-6-18-17-20-15-14(16(23)21-17)9-19-22(15)4/h7-9H,5-6H2,1-4H3,(H2,18,20,21,23). The lowest BCUT2D eigenvalue weighted by Crippen LogP contribution is -2.15. The third-order valence-electron chi connectivity index (χ3n) is 4.11. The van der Waals surface area contributed by atoms with Crippen molar-refractivity contribution in [3.05, 3.63) is 50.9 Å². The van der Waals surface area contributed by atoms with Crippen LogP contribution in [0, 0.1) is 20.8 Å². The van der Waals surface area contributed by atoms with Crippen LogP contribution in [0.15, 0.2) is 23.1 Å². The second-order valence-corrected chi connectivity index (χ2v) is 5.97. The molecule has 0 saturated heterocycles. The van der Waals surface area contributed by atoms with Crippen LogP contribution in [0.3, 0.4) is 0 Å². The van der Waals surface area contributed by atoms with Crippen LogP contribution in [0.1, 0.15) is 22.3 Å². The number of nitrogens with one attached hydrogen (secondary N) is 2. The molecule has 0 amide bonds. The third kappa shape index (κ3) is 2.97. The first-order valence-electron chi connectivity index (χ1n) is 7.68. The first kappa shape index (κ1) is 15.3. The molecule has 6 heteroatoms. The number of H-pyrrole nitrogens is 1. The summed E-state index contributed by atoms with van der Waals surface area (Å²) in [5.41, 5.74) is 5.63. The molecule has 0 saturated carbocycles. The van der Waals surface area contributed by atoms with Crippen molar-refractivity contribution in [1.82, 2.24) is 19.7 Å². The molecule has 0 spiro atoms. The maximum atomic E-state index is 12.0. The van der Waals surface area contributed by atoms with Crippen molar-refractivity contribution >= 4 is 17.0 Å². The fourth-order valence-electron chi connectivity index (χ4n) is 3.03. The van der Waals surface area contributed by atoms with Crippen LogP contribution >= 0.6 is 0 Å². The van der Waals surface area contributed by atoms with Gasteiger partial charge in [0.05, 0.1) is 6.20 Å². The van der Waals surface area contributed by atoms with Gasteiger partial charge in [-0.1, -0.05) is 17.7 Å². The normalized spacial score (nSPS) is 11.1. The Labute approximate surface area is 134 Å². The molecule has 2 N–H and O–H groups in total. The Morgan fingerprint density at radius 3 is 2.61 bits per heavy atom. The largest absolute Gasteiger partial charge is 0.355 e. The zero-order valence-electron chi connectivity index (χ0n) is 13.9. The minimum Gasteiger partial charge on any atom is -0.355 e. The summed E-state index contributed by atoms with van der Waals surface area (Å²) < 4.78 is 1.60. The molecule has 2 aromatic heterocycles. The van der Waals surface area contributed by atoms with Crippen LogP contribution in [0.2, 0.25) is 0 Å². The summed E-state index contributed by atoms with van der Waals surface area (Å²) in [6.07, 6.45) is 2.41. The van der Waals surface area contributed by atoms with Gasteiger partial charge in [-0.3, -0.25) is 14.5 Å². The van der Waals surface area contributed by atoms with E-state index in [1.807, 2.05) is 0 Å². The molecule has 2 heterocycles. The molecule has 1 aromatic carbocycles. The first-order valence-corrected chi connectivity index (χ1v) is 7.68. The van der Waals surface area contributed by atoms with Crippen LogP contribution in [0.25, 0.3) is 11.0 Å². The van der Waals surface area contributed by atoms with Crippen molar-refractivity contribution in [2.24, 2.45) is 7.05 Å². The first-order chi connectivity index (χ1) is 11.0. The van der Waals surface area contributed by atoms with Crippen molar-refractivity contribution in [2.75, 3.05) is 11.9 Å². The molecule has 23 heavy (non-hydrogen) atoms. The quantitative estimate of drug-likeness (QED) is 0.775. The smallest absolute Gasteiger partial charge is 0.263 e. The number of nitrogens with zero attached hydrogens (tertiary/aromatic N) is 3. The Morgan fingerprint density at radius 1 is 1.22 bits per heavy atom. The van der Waals surface area contributed by atoms with E-state index in [1.165, 1.54) is 28.5 Å². The van der Waals surface area contributed by atoms with Crippen LogP contribution in [0.4, 0.5) is 5.95 Å². The number of aryl methyl sites for hydroxylation is 4. The van der Waals surface area contributed by atoms with E-state index >= 15 is 0 Å². The van der Waals surface area contributed by atoms with Crippen molar-refractivity contribution < 1.29 is 0 Å². The second-order valence-electron chi connectivity index (χ2n) is 5.97. The van der Waals surface area contributed by atoms with E-state index in [2.05, 4.69) is 53.3 Å². The van der Waals surface area contributed by atoms with Crippen LogP contribution in [-0.4, -0.2) is 26.3 Å². The number of aromatic nitrogens is 4. The lowest BCUT2D eigenvalue weighted by atomic mass is 9.97. The fraction of sp³-hybridized carbons (Fsp3) is 0.353. The van der Waals surface area contributed by atoms with Gasteiger partial charge in [0.1, 0.15) is 5.39 Å². The summed E-state index contributed by atoms with van der Waals surface area (Å²) in [6, 6.07) is 4.40. The predicted octanol–water partition coefficient (Wildman–Crippen LogP) is 2.24. The molecule has 3 aromatic rings. The van der Waals surface area contributed by atoms with Crippen molar-refractivity contribution in [1.29, 1.82) is 0 Å². The van der Waals surface area contributed by atoms with Gasteiger partial charge in [0.25, 0.3) is 5.56 Å². The summed E-state index contributed by atoms with van der Waals surface area (Å²) in [5, 5.41) is 7.77. The van der Waals surface area contributed by atoms with Gasteiger partial charge in [0, 0.05) is 13.6 Å². The van der Waals surface area contributed by atoms with E-state index in [4.69, 9.17) is 0 Å². The summed E-state index contributed by atoms with van der Waals surface area (Å²) in [4.78, 5) is 19.2. The van der Waals surface area contributed by atoms with Crippen molar-refractivity contribution in [3.8, 4) is 0 Å². The monoisotopic (exact) mass is 311 g/mol. The molecule has 0 aliphatic rings. The minimum absolute atomic E-state index is 0.173. The van der Waals surface area contributed by atoms with Crippen molar-refractivity contribution in [2.45, 2.75) is 27.2 Å². The number of anilines is 1. The van der Waals surface area contributed by atoms with Crippen LogP contribution in [-0.2, 0) is 13.5 Å². The van der Waals surface area contributed by atoms with Gasteiger partial charge < -0.3 is 5.32 Å². The minimum atomic E-state index is -0.173. The van der Waals surface area contributed by atoms with E-state index in [9.17, 15) is 4.79 Å². The van der Waals surface area contributed by atoms with E-state index in [0.717, 1.165) is 6.42 Å². The molecule has 0 atom stereocenters. The van der Waals surface area contributed by atoms with Gasteiger partial charge in [-0.15, -0.1) is 0 Å². The zero-order chi connectivity index (χ0) is 16.6. The zero-order valence-corrected chi connectivity index (χ0v) is 13.9. The Morgan fingerprint density at radius 2 is 1.91 bits per heavy atom. The highest BCUT2D eigenvalue weighted by Gasteiger charge is 2.08. The molecular formula is C17H21N5O. The molecule has 0 radical (unpaired) electrons. The van der Waals surface area contributed by atoms with Gasteiger partial charge >= 0.3 is 0 Å². The summed E-state index contributed by atoms with van der Waals surface area (Å²) in [6.45, 7) is 7.09. The van der Waals surface area contributed by atoms with Gasteiger partial charge in [-0.05, 0) is 43.9 Å². The van der Waals surface area contributed by atoms with Gasteiger partial charge in [-0.25, -0.2) is 0 Å². The molecule has 0 aliphatic carbocycles. The highest BCUT2D eigenvalue weighted by atomic mass is 16.1. The highest BCUT2D eigenvalue weighted by molar-refractivity contribution is 5.74. The van der Waals surface area contributed by atoms with E-state index in [0.29, 0.717) is 23.5 Å². The lowest BCUT2D eigenvalue weighted by molar-refractivity contribution is 0.785. The Kier molecular flexibility index (Phi) is 3.90. The number of hydrogen-bond donors (Lipinski definition) is 2. The molecule has 0 fully saturated rings. The topological polar surface area (TPSA) is 75.6 Å². The number of fused-ring (bicyclic) bond motifs is 1. The molecule has 0 bridgehead atoms. The Balaban J connectivity index is 1.77. The van der Waals surface area contributed by atoms with Gasteiger partial charge in [0.15, 0.2) is 5.65 Å². The second kappa shape index (κ2) is 5.87. The van der Waals surface area contributed by atoms with Gasteiger partial charge in [0.2, 0.25) is 5.95 Å². The molecule has 6 nitrogen and oxygen atoms in total. The summed E-state index contributed by atoms with van der Waals surface area (Å²) in [5.74, 6) is 0.480. The summed E-state index contributed by atoms with van der Waals surface area (Å²) >= 11 is 0.